The fourth-order valence-corrected chi connectivity index (χ4v) is 4.47. The molecule has 10 nitrogen and oxygen atoms in total. The highest BCUT2D eigenvalue weighted by atomic mass is 35.5. The van der Waals surface area contributed by atoms with E-state index in [1.807, 2.05) is 4.72 Å². The second kappa shape index (κ2) is 9.81. The van der Waals surface area contributed by atoms with E-state index < -0.39 is 43.9 Å². The Labute approximate surface area is 207 Å². The molecule has 1 atom stereocenters. The van der Waals surface area contributed by atoms with Crippen molar-refractivity contribution in [3.8, 4) is 11.5 Å². The van der Waals surface area contributed by atoms with Crippen molar-refractivity contribution in [1.82, 2.24) is 25.5 Å². The maximum Gasteiger partial charge on any atom is 0.416 e. The van der Waals surface area contributed by atoms with Crippen LogP contribution in [0.25, 0.3) is 11.0 Å². The van der Waals surface area contributed by atoms with Gasteiger partial charge in [-0.3, -0.25) is 10.3 Å². The average molecular weight is 541 g/mol. The summed E-state index contributed by atoms with van der Waals surface area (Å²) in [6, 6.07) is 9.56. The van der Waals surface area contributed by atoms with Crippen LogP contribution < -0.4 is 14.8 Å². The fourth-order valence-electron chi connectivity index (χ4n) is 3.01. The number of pyridine rings is 1. The zero-order valence-electron chi connectivity index (χ0n) is 18.2. The number of aromatic nitrogens is 4. The quantitative estimate of drug-likeness (QED) is 0.298. The molecule has 0 bridgehead atoms. The molecule has 0 saturated heterocycles. The topological polar surface area (TPSA) is 139 Å². The van der Waals surface area contributed by atoms with Crippen molar-refractivity contribution in [2.45, 2.75) is 17.3 Å². The number of alkyl halides is 3. The summed E-state index contributed by atoms with van der Waals surface area (Å²) in [5, 5.41) is 19.7. The Morgan fingerprint density at radius 1 is 1.03 bits per heavy atom. The summed E-state index contributed by atoms with van der Waals surface area (Å²) < 4.78 is 72.1. The van der Waals surface area contributed by atoms with Gasteiger partial charge in [-0.2, -0.15) is 13.2 Å². The number of fused-ring (bicyclic) bond motifs is 1. The molecule has 2 aromatic heterocycles. The molecule has 1 unspecified atom stereocenters. The molecule has 0 aliphatic heterocycles. The molecule has 3 N–H and O–H groups in total. The number of nitrogens with zero attached hydrogens (tertiary/aromatic N) is 4. The number of aliphatic hydroxyl groups is 1. The molecule has 2 heterocycles. The molecule has 36 heavy (non-hydrogen) atoms. The predicted molar refractivity (Wildman–Crippen MR) is 123 cm³/mol. The SMILES string of the molecule is CNC(O)c1cc(Oc2ccc3nc(NS(=O)(=O)c4cc(C(F)(F)F)ccc4Cl)nnc3c2)ccn1. The zero-order chi connectivity index (χ0) is 26.1. The van der Waals surface area contributed by atoms with Gasteiger partial charge in [0.15, 0.2) is 0 Å². The van der Waals surface area contributed by atoms with Crippen molar-refractivity contribution in [3.63, 3.8) is 0 Å². The number of rotatable bonds is 7. The third kappa shape index (κ3) is 5.62. The van der Waals surface area contributed by atoms with E-state index in [1.165, 1.54) is 30.5 Å². The molecule has 0 fully saturated rings. The van der Waals surface area contributed by atoms with Crippen LogP contribution in [0.1, 0.15) is 17.5 Å². The predicted octanol–water partition coefficient (Wildman–Crippen LogP) is 3.90. The molecule has 0 radical (unpaired) electrons. The summed E-state index contributed by atoms with van der Waals surface area (Å²) in [5.41, 5.74) is -0.363. The molecule has 4 rings (SSSR count). The van der Waals surface area contributed by atoms with E-state index in [-0.39, 0.29) is 11.0 Å². The van der Waals surface area contributed by atoms with Crippen LogP contribution in [-0.2, 0) is 16.2 Å². The maximum absolute atomic E-state index is 13.0. The van der Waals surface area contributed by atoms with E-state index in [1.54, 1.807) is 13.1 Å². The highest BCUT2D eigenvalue weighted by Gasteiger charge is 2.33. The minimum atomic E-state index is -4.76. The minimum Gasteiger partial charge on any atom is -0.457 e. The summed E-state index contributed by atoms with van der Waals surface area (Å²) in [5.74, 6) is 0.264. The highest BCUT2D eigenvalue weighted by molar-refractivity contribution is 7.92. The number of aliphatic hydroxyl groups excluding tert-OH is 1. The van der Waals surface area contributed by atoms with Crippen LogP contribution in [0.3, 0.4) is 0 Å². The zero-order valence-corrected chi connectivity index (χ0v) is 19.7. The number of sulfonamides is 1. The summed E-state index contributed by atoms with van der Waals surface area (Å²) in [4.78, 5) is 7.30. The van der Waals surface area contributed by atoms with Crippen LogP contribution in [0.5, 0.6) is 11.5 Å². The maximum atomic E-state index is 13.0. The Hall–Kier alpha value is -3.59. The summed E-state index contributed by atoms with van der Waals surface area (Å²) >= 11 is 5.83. The molecule has 0 spiro atoms. The number of anilines is 1. The first-order valence-corrected chi connectivity index (χ1v) is 11.9. The molecule has 0 aliphatic carbocycles. The molecule has 188 valence electrons. The van der Waals surface area contributed by atoms with Crippen LogP contribution >= 0.6 is 11.6 Å². The number of hydrogen-bond acceptors (Lipinski definition) is 9. The Morgan fingerprint density at radius 3 is 2.50 bits per heavy atom. The fraction of sp³-hybridized carbons (Fsp3) is 0.143. The molecule has 2 aromatic carbocycles. The van der Waals surface area contributed by atoms with Crippen molar-refractivity contribution >= 4 is 38.6 Å². The first-order chi connectivity index (χ1) is 17.0. The number of benzene rings is 2. The summed E-state index contributed by atoms with van der Waals surface area (Å²) in [6.07, 6.45) is -4.28. The van der Waals surface area contributed by atoms with Gasteiger partial charge in [0.05, 0.1) is 21.8 Å². The Kier molecular flexibility index (Phi) is 6.95. The molecular weight excluding hydrogens is 525 g/mol. The van der Waals surface area contributed by atoms with Crippen LogP contribution in [-0.4, -0.2) is 40.7 Å². The number of hydrogen-bond donors (Lipinski definition) is 3. The van der Waals surface area contributed by atoms with Crippen LogP contribution in [0, 0.1) is 0 Å². The van der Waals surface area contributed by atoms with Gasteiger partial charge in [0.25, 0.3) is 16.0 Å². The van der Waals surface area contributed by atoms with Gasteiger partial charge >= 0.3 is 6.18 Å². The molecule has 4 aromatic rings. The van der Waals surface area contributed by atoms with E-state index in [2.05, 4.69) is 25.5 Å². The highest BCUT2D eigenvalue weighted by Crippen LogP contribution is 2.34. The Bertz CT molecular complexity index is 1540. The number of halogens is 4. The molecule has 0 amide bonds. The third-order valence-corrected chi connectivity index (χ3v) is 6.55. The van der Waals surface area contributed by atoms with E-state index in [9.17, 15) is 26.7 Å². The van der Waals surface area contributed by atoms with Crippen molar-refractivity contribution in [3.05, 3.63) is 71.0 Å². The van der Waals surface area contributed by atoms with E-state index in [4.69, 9.17) is 16.3 Å². The lowest BCUT2D eigenvalue weighted by molar-refractivity contribution is -0.137. The van der Waals surface area contributed by atoms with Crippen molar-refractivity contribution < 1.29 is 31.4 Å². The normalized spacial score (nSPS) is 12.9. The third-order valence-electron chi connectivity index (χ3n) is 4.74. The standard InChI is InChI=1S/C21H16ClF3N6O4S/c1-26-19(32)17-10-13(6-7-27-17)35-12-3-5-15-16(9-12)29-30-20(28-15)31-36(33,34)18-8-11(21(23,24)25)2-4-14(18)22/h2-10,19,26,32H,1H3,(H,28,30,31). The summed E-state index contributed by atoms with van der Waals surface area (Å²) in [7, 11) is -2.99. The van der Waals surface area contributed by atoms with Gasteiger partial charge < -0.3 is 9.84 Å². The minimum absolute atomic E-state index is 0.228. The van der Waals surface area contributed by atoms with Gasteiger partial charge in [-0.05, 0) is 43.4 Å². The molecule has 0 aliphatic rings. The van der Waals surface area contributed by atoms with Gasteiger partial charge in [-0.1, -0.05) is 11.6 Å². The molecular formula is C21H16ClF3N6O4S. The van der Waals surface area contributed by atoms with E-state index in [0.29, 0.717) is 29.3 Å². The van der Waals surface area contributed by atoms with Crippen LogP contribution in [0.2, 0.25) is 5.02 Å². The van der Waals surface area contributed by atoms with Gasteiger partial charge in [-0.25, -0.2) is 18.1 Å². The Balaban J connectivity index is 1.57. The molecule has 15 heteroatoms. The Morgan fingerprint density at radius 2 is 1.78 bits per heavy atom. The van der Waals surface area contributed by atoms with Crippen LogP contribution in [0.15, 0.2) is 59.6 Å². The monoisotopic (exact) mass is 540 g/mol. The lowest BCUT2D eigenvalue weighted by atomic mass is 10.2. The lowest BCUT2D eigenvalue weighted by Crippen LogP contribution is -2.17. The van der Waals surface area contributed by atoms with Gasteiger partial charge in [0.2, 0.25) is 0 Å². The van der Waals surface area contributed by atoms with Gasteiger partial charge in [0, 0.05) is 18.3 Å². The van der Waals surface area contributed by atoms with E-state index in [0.717, 1.165) is 6.07 Å². The summed E-state index contributed by atoms with van der Waals surface area (Å²) in [6.45, 7) is 0. The van der Waals surface area contributed by atoms with Crippen molar-refractivity contribution in [2.24, 2.45) is 0 Å². The van der Waals surface area contributed by atoms with Gasteiger partial charge in [-0.15, -0.1) is 10.2 Å². The van der Waals surface area contributed by atoms with Crippen molar-refractivity contribution in [2.75, 3.05) is 11.8 Å². The first kappa shape index (κ1) is 25.5. The second-order valence-corrected chi connectivity index (χ2v) is 9.30. The molecule has 0 saturated carbocycles. The smallest absolute Gasteiger partial charge is 0.416 e. The number of nitrogens with one attached hydrogen (secondary N) is 2. The lowest BCUT2D eigenvalue weighted by Gasteiger charge is -2.12. The van der Waals surface area contributed by atoms with Gasteiger partial charge in [0.1, 0.15) is 28.1 Å². The average Bonchev–Trinajstić information content (AvgIpc) is 2.83. The largest absolute Gasteiger partial charge is 0.457 e. The number of ether oxygens (including phenoxy) is 1. The van der Waals surface area contributed by atoms with Crippen LogP contribution in [0.4, 0.5) is 19.1 Å². The second-order valence-electron chi connectivity index (χ2n) is 7.24. The van der Waals surface area contributed by atoms with Crippen molar-refractivity contribution in [1.29, 1.82) is 0 Å². The first-order valence-electron chi connectivity index (χ1n) is 9.99. The van der Waals surface area contributed by atoms with E-state index >= 15 is 0 Å².